The van der Waals surface area contributed by atoms with Crippen molar-refractivity contribution < 1.29 is 19.0 Å². The van der Waals surface area contributed by atoms with E-state index in [1.165, 1.54) is 17.3 Å². The van der Waals surface area contributed by atoms with Gasteiger partial charge in [0.1, 0.15) is 19.3 Å². The van der Waals surface area contributed by atoms with Gasteiger partial charge in [-0.05, 0) is 59.7 Å². The van der Waals surface area contributed by atoms with Crippen molar-refractivity contribution in [2.45, 2.75) is 63.6 Å². The molecule has 1 aliphatic heterocycles. The Kier molecular flexibility index (Phi) is 10.4. The molecule has 4 aromatic rings. The van der Waals surface area contributed by atoms with Crippen LogP contribution in [0.5, 0.6) is 11.5 Å². The van der Waals surface area contributed by atoms with Gasteiger partial charge in [0.2, 0.25) is 11.1 Å². The maximum atomic E-state index is 13.4. The van der Waals surface area contributed by atoms with Gasteiger partial charge in [-0.25, -0.2) is 9.48 Å². The number of thioether (sulfide) groups is 1. The Hall–Kier alpha value is -4.21. The van der Waals surface area contributed by atoms with Crippen LogP contribution in [0.4, 0.5) is 5.95 Å². The number of halogens is 1. The van der Waals surface area contributed by atoms with Crippen LogP contribution < -0.4 is 14.8 Å². The minimum atomic E-state index is -0.631. The van der Waals surface area contributed by atoms with Gasteiger partial charge >= 0.3 is 5.97 Å². The number of ether oxygens (including phenoxy) is 3. The highest BCUT2D eigenvalue weighted by Gasteiger charge is 2.36. The van der Waals surface area contributed by atoms with E-state index in [0.29, 0.717) is 57.9 Å². The number of aromatic nitrogens is 3. The summed E-state index contributed by atoms with van der Waals surface area (Å²) in [6.07, 6.45) is 1.54. The molecule has 0 radical (unpaired) electrons. The number of esters is 1. The molecule has 1 aliphatic rings. The third-order valence-corrected chi connectivity index (χ3v) is 8.75. The number of hydrogen-bond acceptors (Lipinski definition) is 8. The molecule has 0 amide bonds. The molecule has 0 fully saturated rings. The number of nitrogens with zero attached hydrogens (tertiary/aromatic N) is 3. The average molecular weight is 659 g/mol. The van der Waals surface area contributed by atoms with Crippen LogP contribution in [-0.4, -0.2) is 33.9 Å². The average Bonchev–Trinajstić information content (AvgIpc) is 3.44. The van der Waals surface area contributed by atoms with Crippen LogP contribution in [0.3, 0.4) is 0 Å². The zero-order valence-electron chi connectivity index (χ0n) is 26.8. The van der Waals surface area contributed by atoms with E-state index >= 15 is 0 Å². The van der Waals surface area contributed by atoms with Crippen LogP contribution in [0.2, 0.25) is 5.02 Å². The summed E-state index contributed by atoms with van der Waals surface area (Å²) in [5.74, 6) is 1.80. The Labute approximate surface area is 279 Å². The van der Waals surface area contributed by atoms with Crippen LogP contribution in [0.15, 0.2) is 95.8 Å². The fourth-order valence-corrected chi connectivity index (χ4v) is 6.19. The molecular formula is C36H39ClN4O4S. The number of nitrogens with one attached hydrogen (secondary N) is 1. The molecule has 10 heteroatoms. The molecule has 2 heterocycles. The largest absolute Gasteiger partial charge is 0.490 e. The van der Waals surface area contributed by atoms with E-state index in [4.69, 9.17) is 35.9 Å². The fourth-order valence-electron chi connectivity index (χ4n) is 5.08. The molecule has 8 nitrogen and oxygen atoms in total. The lowest BCUT2D eigenvalue weighted by Gasteiger charge is -2.28. The summed E-state index contributed by atoms with van der Waals surface area (Å²) in [5, 5.41) is 9.31. The van der Waals surface area contributed by atoms with Crippen molar-refractivity contribution >= 4 is 35.3 Å². The maximum Gasteiger partial charge on any atom is 0.338 e. The first-order valence-electron chi connectivity index (χ1n) is 15.2. The molecular weight excluding hydrogens is 620 g/mol. The van der Waals surface area contributed by atoms with Gasteiger partial charge in [-0.1, -0.05) is 105 Å². The highest BCUT2D eigenvalue weighted by Crippen LogP contribution is 2.40. The van der Waals surface area contributed by atoms with E-state index in [2.05, 4.69) is 56.9 Å². The standard InChI is InChI=1S/C36H39ClN4O4S/c1-7-19-44-33(42)31-23(3)38-34-39-35(46-22-26-11-9-10-12-28(26)37)40-41(34)32(31)25-15-18-29(30(20-25)43-8-2)45-21-24-13-16-27(17-14-24)36(4,5)6/h7,9-18,20,32H,1,8,19,21-22H2,2-6H3,(H,38,39,40). The van der Waals surface area contributed by atoms with E-state index < -0.39 is 12.0 Å². The number of anilines is 1. The molecule has 3 aromatic carbocycles. The molecule has 1 aromatic heterocycles. The molecule has 1 N–H and O–H groups in total. The van der Waals surface area contributed by atoms with Gasteiger partial charge in [-0.2, -0.15) is 4.98 Å². The van der Waals surface area contributed by atoms with Gasteiger partial charge in [0, 0.05) is 16.5 Å². The molecule has 0 spiro atoms. The van der Waals surface area contributed by atoms with E-state index in [1.54, 1.807) is 10.8 Å². The number of fused-ring (bicyclic) bond motifs is 1. The Morgan fingerprint density at radius 1 is 1.09 bits per heavy atom. The number of carbonyl (C=O) groups is 1. The second-order valence-electron chi connectivity index (χ2n) is 11.9. The molecule has 0 saturated heterocycles. The highest BCUT2D eigenvalue weighted by atomic mass is 35.5. The van der Waals surface area contributed by atoms with Gasteiger partial charge in [0.25, 0.3) is 0 Å². The number of hydrogen-bond donors (Lipinski definition) is 1. The maximum absolute atomic E-state index is 13.4. The normalized spacial score (nSPS) is 14.3. The summed E-state index contributed by atoms with van der Waals surface area (Å²) in [6.45, 7) is 14.9. The molecule has 240 valence electrons. The van der Waals surface area contributed by atoms with E-state index in [9.17, 15) is 4.79 Å². The summed E-state index contributed by atoms with van der Waals surface area (Å²) < 4.78 is 19.5. The topological polar surface area (TPSA) is 87.5 Å². The van der Waals surface area contributed by atoms with Crippen molar-refractivity contribution in [2.24, 2.45) is 0 Å². The lowest BCUT2D eigenvalue weighted by Crippen LogP contribution is -2.29. The van der Waals surface area contributed by atoms with Crippen LogP contribution in [0.1, 0.15) is 62.9 Å². The second-order valence-corrected chi connectivity index (χ2v) is 13.2. The summed E-state index contributed by atoms with van der Waals surface area (Å²) >= 11 is 7.85. The van der Waals surface area contributed by atoms with Crippen LogP contribution in [0.25, 0.3) is 0 Å². The summed E-state index contributed by atoms with van der Waals surface area (Å²) in [6, 6.07) is 21.2. The Morgan fingerprint density at radius 2 is 1.85 bits per heavy atom. The van der Waals surface area contributed by atoms with Gasteiger partial charge in [0.15, 0.2) is 11.5 Å². The zero-order valence-corrected chi connectivity index (χ0v) is 28.4. The van der Waals surface area contributed by atoms with Gasteiger partial charge < -0.3 is 19.5 Å². The van der Waals surface area contributed by atoms with Crippen molar-refractivity contribution in [3.63, 3.8) is 0 Å². The van der Waals surface area contributed by atoms with Gasteiger partial charge in [-0.3, -0.25) is 0 Å². The van der Waals surface area contributed by atoms with E-state index in [0.717, 1.165) is 16.7 Å². The fraction of sp³-hybridized carbons (Fsp3) is 0.306. The summed E-state index contributed by atoms with van der Waals surface area (Å²) in [5.41, 5.74) is 5.19. The lowest BCUT2D eigenvalue weighted by molar-refractivity contribution is -0.138. The third kappa shape index (κ3) is 7.59. The van der Waals surface area contributed by atoms with Gasteiger partial charge in [-0.15, -0.1) is 5.10 Å². The minimum absolute atomic E-state index is 0.0782. The number of rotatable bonds is 12. The molecule has 0 saturated carbocycles. The Bertz CT molecular complexity index is 1740. The molecule has 0 aliphatic carbocycles. The second kappa shape index (κ2) is 14.5. The first kappa shape index (κ1) is 33.2. The first-order valence-corrected chi connectivity index (χ1v) is 16.5. The third-order valence-electron chi connectivity index (χ3n) is 7.50. The Balaban J connectivity index is 1.46. The van der Waals surface area contributed by atoms with Crippen LogP contribution >= 0.6 is 23.4 Å². The Morgan fingerprint density at radius 3 is 2.54 bits per heavy atom. The predicted molar refractivity (Wildman–Crippen MR) is 184 cm³/mol. The van der Waals surface area contributed by atoms with Crippen LogP contribution in [-0.2, 0) is 27.3 Å². The van der Waals surface area contributed by atoms with Crippen molar-refractivity contribution in [2.75, 3.05) is 18.5 Å². The summed E-state index contributed by atoms with van der Waals surface area (Å²) in [7, 11) is 0. The molecule has 46 heavy (non-hydrogen) atoms. The van der Waals surface area contributed by atoms with E-state index in [-0.39, 0.29) is 12.0 Å². The number of benzene rings is 3. The first-order chi connectivity index (χ1) is 22.1. The number of allylic oxidation sites excluding steroid dienone is 1. The molecule has 0 bridgehead atoms. The quantitative estimate of drug-likeness (QED) is 0.0921. The van der Waals surface area contributed by atoms with Crippen molar-refractivity contribution in [3.8, 4) is 11.5 Å². The molecule has 1 atom stereocenters. The van der Waals surface area contributed by atoms with Crippen LogP contribution in [0, 0.1) is 0 Å². The van der Waals surface area contributed by atoms with E-state index in [1.807, 2.05) is 56.3 Å². The summed E-state index contributed by atoms with van der Waals surface area (Å²) in [4.78, 5) is 18.2. The highest BCUT2D eigenvalue weighted by molar-refractivity contribution is 7.98. The lowest BCUT2D eigenvalue weighted by atomic mass is 9.87. The smallest absolute Gasteiger partial charge is 0.338 e. The van der Waals surface area contributed by atoms with Crippen molar-refractivity contribution in [1.82, 2.24) is 14.8 Å². The monoisotopic (exact) mass is 658 g/mol. The zero-order chi connectivity index (χ0) is 32.8. The van der Waals surface area contributed by atoms with Gasteiger partial charge in [0.05, 0.1) is 12.2 Å². The minimum Gasteiger partial charge on any atom is -0.490 e. The van der Waals surface area contributed by atoms with Crippen molar-refractivity contribution in [3.05, 3.63) is 118 Å². The number of carbonyl (C=O) groups excluding carboxylic acids is 1. The molecule has 1 unspecified atom stereocenters. The predicted octanol–water partition coefficient (Wildman–Crippen LogP) is 8.52. The SMILES string of the molecule is C=CCOC(=O)C1=C(C)Nc2nc(SCc3ccccc3Cl)nn2C1c1ccc(OCc2ccc(C(C)(C)C)cc2)c(OCC)c1. The molecule has 5 rings (SSSR count). The van der Waals surface area contributed by atoms with Crippen molar-refractivity contribution in [1.29, 1.82) is 0 Å².